The van der Waals surface area contributed by atoms with Crippen LogP contribution in [0.4, 0.5) is 5.69 Å². The zero-order valence-electron chi connectivity index (χ0n) is 14.6. The van der Waals surface area contributed by atoms with Gasteiger partial charge in [0.25, 0.3) is 5.56 Å². The lowest BCUT2D eigenvalue weighted by Gasteiger charge is -2.17. The number of hydrogen-bond donors (Lipinski definition) is 0. The monoisotopic (exact) mass is 352 g/mol. The summed E-state index contributed by atoms with van der Waals surface area (Å²) in [5.74, 6) is 0.712. The maximum absolute atomic E-state index is 13.2. The Morgan fingerprint density at radius 1 is 1.36 bits per heavy atom. The molecule has 3 heterocycles. The molecule has 128 valence electrons. The molecule has 4 rings (SSSR count). The zero-order valence-corrected chi connectivity index (χ0v) is 15.4. The van der Waals surface area contributed by atoms with Crippen molar-refractivity contribution in [3.8, 4) is 0 Å². The van der Waals surface area contributed by atoms with Gasteiger partial charge < -0.3 is 4.90 Å². The third kappa shape index (κ3) is 2.48. The van der Waals surface area contributed by atoms with Crippen molar-refractivity contribution < 1.29 is 0 Å². The number of nitrogens with zero attached hydrogens (tertiary/aromatic N) is 4. The molecular formula is C19H20N4OS. The number of pyridine rings is 1. The van der Waals surface area contributed by atoms with Crippen molar-refractivity contribution in [1.82, 2.24) is 14.5 Å². The molecular weight excluding hydrogens is 332 g/mol. The highest BCUT2D eigenvalue weighted by molar-refractivity contribution is 7.25. The number of fused-ring (bicyclic) bond motifs is 3. The van der Waals surface area contributed by atoms with Crippen molar-refractivity contribution in [2.45, 2.75) is 26.7 Å². The smallest absolute Gasteiger partial charge is 0.276 e. The minimum atomic E-state index is -0.00611. The molecule has 0 unspecified atom stereocenters. The van der Waals surface area contributed by atoms with Crippen molar-refractivity contribution in [3.63, 3.8) is 0 Å². The van der Waals surface area contributed by atoms with Gasteiger partial charge >= 0.3 is 0 Å². The molecule has 0 saturated heterocycles. The van der Waals surface area contributed by atoms with Gasteiger partial charge in [0, 0.05) is 25.5 Å². The fourth-order valence-electron chi connectivity index (χ4n) is 3.26. The van der Waals surface area contributed by atoms with E-state index in [2.05, 4.69) is 29.0 Å². The molecule has 0 aromatic carbocycles. The van der Waals surface area contributed by atoms with E-state index in [0.717, 1.165) is 46.5 Å². The molecule has 1 aliphatic rings. The van der Waals surface area contributed by atoms with Crippen LogP contribution in [-0.4, -0.2) is 28.1 Å². The first-order valence-corrected chi connectivity index (χ1v) is 9.32. The summed E-state index contributed by atoms with van der Waals surface area (Å²) in [5, 5.41) is 0.979. The summed E-state index contributed by atoms with van der Waals surface area (Å²) in [5.41, 5.74) is 2.75. The van der Waals surface area contributed by atoms with Gasteiger partial charge in [-0.1, -0.05) is 12.2 Å². The lowest BCUT2D eigenvalue weighted by molar-refractivity contribution is 0.903. The highest BCUT2D eigenvalue weighted by Gasteiger charge is 2.19. The Labute approximate surface area is 149 Å². The number of hydrogen-bond acceptors (Lipinski definition) is 5. The van der Waals surface area contributed by atoms with Gasteiger partial charge in [0.1, 0.15) is 20.9 Å². The van der Waals surface area contributed by atoms with Crippen LogP contribution in [0.5, 0.6) is 0 Å². The highest BCUT2D eigenvalue weighted by atomic mass is 32.1. The second-order valence-electron chi connectivity index (χ2n) is 6.21. The van der Waals surface area contributed by atoms with Crippen LogP contribution in [0.3, 0.4) is 0 Å². The van der Waals surface area contributed by atoms with E-state index in [1.807, 2.05) is 26.1 Å². The Bertz CT molecular complexity index is 1090. The highest BCUT2D eigenvalue weighted by Crippen LogP contribution is 2.36. The van der Waals surface area contributed by atoms with Crippen LogP contribution in [0.15, 0.2) is 35.3 Å². The molecule has 0 aliphatic heterocycles. The molecule has 0 radical (unpaired) electrons. The van der Waals surface area contributed by atoms with E-state index in [9.17, 15) is 4.79 Å². The molecule has 1 aliphatic carbocycles. The number of thiophene rings is 1. The third-order valence-corrected chi connectivity index (χ3v) is 5.73. The van der Waals surface area contributed by atoms with E-state index in [-0.39, 0.29) is 5.56 Å². The number of aromatic nitrogens is 3. The molecule has 0 bridgehead atoms. The van der Waals surface area contributed by atoms with Gasteiger partial charge in [0.15, 0.2) is 0 Å². The molecule has 0 atom stereocenters. The summed E-state index contributed by atoms with van der Waals surface area (Å²) >= 11 is 1.43. The summed E-state index contributed by atoms with van der Waals surface area (Å²) in [6, 6.07) is 1.99. The van der Waals surface area contributed by atoms with Gasteiger partial charge in [0.2, 0.25) is 0 Å². The first-order chi connectivity index (χ1) is 12.1. The zero-order chi connectivity index (χ0) is 17.6. The standard InChI is InChI=1S/C19H20N4OS/c1-4-22(3)14-10-11-20-18-15(14)16-17(25-18)19(24)23(12(2)21-16)13-8-6-5-7-9-13/h6,8-11H,4-5,7H2,1-3H3. The van der Waals surface area contributed by atoms with Gasteiger partial charge in [-0.05, 0) is 38.8 Å². The largest absolute Gasteiger partial charge is 0.374 e. The minimum absolute atomic E-state index is 0.00611. The Kier molecular flexibility index (Phi) is 3.92. The number of allylic oxidation sites excluding steroid dienone is 4. The van der Waals surface area contributed by atoms with Gasteiger partial charge in [0.05, 0.1) is 11.1 Å². The van der Waals surface area contributed by atoms with Crippen molar-refractivity contribution in [3.05, 3.63) is 46.7 Å². The normalized spacial score (nSPS) is 14.3. The molecule has 3 aromatic heterocycles. The molecule has 0 spiro atoms. The summed E-state index contributed by atoms with van der Waals surface area (Å²) in [6.07, 6.45) is 9.99. The Balaban J connectivity index is 2.07. The molecule has 25 heavy (non-hydrogen) atoms. The van der Waals surface area contributed by atoms with E-state index in [4.69, 9.17) is 4.98 Å². The molecule has 0 amide bonds. The van der Waals surface area contributed by atoms with Crippen molar-refractivity contribution in [1.29, 1.82) is 0 Å². The average Bonchev–Trinajstić information content (AvgIpc) is 3.01. The third-order valence-electron chi connectivity index (χ3n) is 4.66. The predicted molar refractivity (Wildman–Crippen MR) is 106 cm³/mol. The molecule has 0 saturated carbocycles. The van der Waals surface area contributed by atoms with Crippen LogP contribution >= 0.6 is 11.3 Å². The van der Waals surface area contributed by atoms with Crippen LogP contribution in [0.2, 0.25) is 0 Å². The van der Waals surface area contributed by atoms with E-state index in [1.165, 1.54) is 11.3 Å². The number of anilines is 1. The van der Waals surface area contributed by atoms with E-state index < -0.39 is 0 Å². The maximum atomic E-state index is 13.2. The quantitative estimate of drug-likeness (QED) is 0.716. The molecule has 5 nitrogen and oxygen atoms in total. The SMILES string of the molecule is CCN(C)c1ccnc2sc3c(=O)n(C4=CCCC=C4)c(C)nc3c12. The van der Waals surface area contributed by atoms with Crippen molar-refractivity contribution >= 4 is 43.2 Å². The minimum Gasteiger partial charge on any atom is -0.374 e. The Morgan fingerprint density at radius 2 is 2.20 bits per heavy atom. The Hall–Kier alpha value is -2.47. The fourth-order valence-corrected chi connectivity index (χ4v) is 4.29. The maximum Gasteiger partial charge on any atom is 0.276 e. The second-order valence-corrected chi connectivity index (χ2v) is 7.21. The molecule has 0 fully saturated rings. The topological polar surface area (TPSA) is 51.0 Å². The van der Waals surface area contributed by atoms with Crippen LogP contribution in [0.25, 0.3) is 26.1 Å². The summed E-state index contributed by atoms with van der Waals surface area (Å²) < 4.78 is 2.39. The molecule has 6 heteroatoms. The van der Waals surface area contributed by atoms with Crippen LogP contribution < -0.4 is 10.5 Å². The first-order valence-electron chi connectivity index (χ1n) is 8.51. The second kappa shape index (κ2) is 6.11. The van der Waals surface area contributed by atoms with Crippen LogP contribution in [0, 0.1) is 6.92 Å². The predicted octanol–water partition coefficient (Wildman–Crippen LogP) is 3.96. The molecule has 0 N–H and O–H groups in total. The summed E-state index contributed by atoms with van der Waals surface area (Å²) in [6.45, 7) is 4.88. The first kappa shape index (κ1) is 16.0. The molecule has 3 aromatic rings. The van der Waals surface area contributed by atoms with Gasteiger partial charge in [-0.2, -0.15) is 0 Å². The van der Waals surface area contributed by atoms with Crippen LogP contribution in [0.1, 0.15) is 25.6 Å². The van der Waals surface area contributed by atoms with E-state index in [1.54, 1.807) is 10.8 Å². The Morgan fingerprint density at radius 3 is 2.92 bits per heavy atom. The van der Waals surface area contributed by atoms with Crippen LogP contribution in [-0.2, 0) is 0 Å². The van der Waals surface area contributed by atoms with Gasteiger partial charge in [-0.25, -0.2) is 9.97 Å². The van der Waals surface area contributed by atoms with Gasteiger partial charge in [-0.3, -0.25) is 9.36 Å². The lowest BCUT2D eigenvalue weighted by atomic mass is 10.1. The van der Waals surface area contributed by atoms with Crippen molar-refractivity contribution in [2.75, 3.05) is 18.5 Å². The van der Waals surface area contributed by atoms with Gasteiger partial charge in [-0.15, -0.1) is 11.3 Å². The van der Waals surface area contributed by atoms with E-state index in [0.29, 0.717) is 10.5 Å². The average molecular weight is 352 g/mol. The van der Waals surface area contributed by atoms with E-state index >= 15 is 0 Å². The number of rotatable bonds is 3. The van der Waals surface area contributed by atoms with Crippen molar-refractivity contribution in [2.24, 2.45) is 0 Å². The summed E-state index contributed by atoms with van der Waals surface area (Å²) in [4.78, 5) is 25.5. The fraction of sp³-hybridized carbons (Fsp3) is 0.316. The summed E-state index contributed by atoms with van der Waals surface area (Å²) in [7, 11) is 2.05. The lowest BCUT2D eigenvalue weighted by Crippen LogP contribution is -2.22. The number of aryl methyl sites for hydroxylation is 1.